The molecule has 29 heavy (non-hydrogen) atoms. The number of methoxy groups -OCH3 is 1. The van der Waals surface area contributed by atoms with E-state index in [4.69, 9.17) is 4.74 Å². The fourth-order valence-electron chi connectivity index (χ4n) is 3.79. The minimum atomic E-state index is -0.673. The molecule has 3 rings (SSSR count). The number of ketones is 1. The topological polar surface area (TPSA) is 66.8 Å². The molecule has 1 saturated heterocycles. The van der Waals surface area contributed by atoms with Crippen LogP contribution < -0.4 is 4.74 Å². The number of carbonyl (C=O) groups excluding carboxylic acids is 2. The van der Waals surface area contributed by atoms with Gasteiger partial charge in [0.25, 0.3) is 11.7 Å². The maximum atomic E-state index is 13.0. The smallest absolute Gasteiger partial charge is 0.295 e. The van der Waals surface area contributed by atoms with Gasteiger partial charge in [0.1, 0.15) is 11.5 Å². The van der Waals surface area contributed by atoms with Gasteiger partial charge in [-0.1, -0.05) is 74.7 Å². The van der Waals surface area contributed by atoms with Crippen molar-refractivity contribution in [1.82, 2.24) is 4.90 Å². The predicted octanol–water partition coefficient (Wildman–Crippen LogP) is 4.70. The van der Waals surface area contributed by atoms with E-state index in [-0.39, 0.29) is 11.3 Å². The highest BCUT2D eigenvalue weighted by Gasteiger charge is 2.46. The lowest BCUT2D eigenvalue weighted by Gasteiger charge is -2.26. The highest BCUT2D eigenvalue weighted by molar-refractivity contribution is 6.46. The molecular weight excluding hydrogens is 366 g/mol. The van der Waals surface area contributed by atoms with E-state index in [1.807, 2.05) is 24.3 Å². The molecule has 5 nitrogen and oxygen atoms in total. The van der Waals surface area contributed by atoms with Crippen LogP contribution in [-0.2, 0) is 9.59 Å². The summed E-state index contributed by atoms with van der Waals surface area (Å²) in [4.78, 5) is 27.4. The number of Topliss-reactive ketones (excluding diaryl/α,β-unsaturated/α-hetero) is 1. The lowest BCUT2D eigenvalue weighted by molar-refractivity contribution is -0.139. The van der Waals surface area contributed by atoms with Crippen molar-refractivity contribution < 1.29 is 19.4 Å². The third-order valence-corrected chi connectivity index (χ3v) is 5.27. The van der Waals surface area contributed by atoms with Crippen molar-refractivity contribution in [2.45, 2.75) is 38.6 Å². The van der Waals surface area contributed by atoms with Gasteiger partial charge in [-0.25, -0.2) is 0 Å². The van der Waals surface area contributed by atoms with Gasteiger partial charge in [-0.3, -0.25) is 9.59 Å². The van der Waals surface area contributed by atoms with E-state index in [9.17, 15) is 14.7 Å². The molecular formula is C24H27NO4. The van der Waals surface area contributed by atoms with Crippen LogP contribution in [0.4, 0.5) is 0 Å². The minimum absolute atomic E-state index is 0.112. The lowest BCUT2D eigenvalue weighted by atomic mass is 9.94. The van der Waals surface area contributed by atoms with Crippen molar-refractivity contribution >= 4 is 17.4 Å². The summed E-state index contributed by atoms with van der Waals surface area (Å²) in [6.45, 7) is 2.58. The van der Waals surface area contributed by atoms with E-state index in [2.05, 4.69) is 6.92 Å². The summed E-state index contributed by atoms with van der Waals surface area (Å²) in [6, 6.07) is 15.5. The average molecular weight is 393 g/mol. The number of nitrogens with zero attached hydrogens (tertiary/aromatic N) is 1. The van der Waals surface area contributed by atoms with Gasteiger partial charge in [0.15, 0.2) is 0 Å². The quantitative estimate of drug-likeness (QED) is 0.306. The van der Waals surface area contributed by atoms with Gasteiger partial charge < -0.3 is 14.7 Å². The summed E-state index contributed by atoms with van der Waals surface area (Å²) < 4.78 is 5.50. The zero-order chi connectivity index (χ0) is 20.8. The van der Waals surface area contributed by atoms with E-state index >= 15 is 0 Å². The molecule has 1 aliphatic rings. The van der Waals surface area contributed by atoms with E-state index in [0.717, 1.165) is 25.7 Å². The van der Waals surface area contributed by atoms with Crippen LogP contribution in [-0.4, -0.2) is 35.4 Å². The van der Waals surface area contributed by atoms with Gasteiger partial charge in [-0.15, -0.1) is 0 Å². The number of carbonyl (C=O) groups is 2. The zero-order valence-electron chi connectivity index (χ0n) is 16.9. The highest BCUT2D eigenvalue weighted by atomic mass is 16.5. The van der Waals surface area contributed by atoms with Crippen molar-refractivity contribution in [3.8, 4) is 5.75 Å². The van der Waals surface area contributed by atoms with Crippen molar-refractivity contribution in [1.29, 1.82) is 0 Å². The van der Waals surface area contributed by atoms with Crippen LogP contribution in [0.3, 0.4) is 0 Å². The Hall–Kier alpha value is -3.08. The van der Waals surface area contributed by atoms with E-state index in [1.54, 1.807) is 42.3 Å². The van der Waals surface area contributed by atoms with Gasteiger partial charge in [0.2, 0.25) is 0 Å². The number of amides is 1. The maximum Gasteiger partial charge on any atom is 0.295 e. The number of likely N-dealkylation sites (tertiary alicyclic amines) is 1. The molecule has 2 aromatic carbocycles. The second-order valence-electron chi connectivity index (χ2n) is 7.16. The SMILES string of the molecule is CCCCCCN1C(=O)C(=O)/C(=C(\O)c2ccccc2)C1c1ccccc1OC. The van der Waals surface area contributed by atoms with Crippen molar-refractivity contribution in [2.24, 2.45) is 0 Å². The summed E-state index contributed by atoms with van der Waals surface area (Å²) in [5, 5.41) is 11.0. The molecule has 0 aromatic heterocycles. The summed E-state index contributed by atoms with van der Waals surface area (Å²) >= 11 is 0. The summed E-state index contributed by atoms with van der Waals surface area (Å²) in [5.41, 5.74) is 1.32. The fourth-order valence-corrected chi connectivity index (χ4v) is 3.79. The predicted molar refractivity (Wildman–Crippen MR) is 113 cm³/mol. The van der Waals surface area contributed by atoms with Crippen molar-refractivity contribution in [3.63, 3.8) is 0 Å². The monoisotopic (exact) mass is 393 g/mol. The van der Waals surface area contributed by atoms with Crippen LogP contribution in [0.5, 0.6) is 5.75 Å². The number of benzene rings is 2. The number of aliphatic hydroxyl groups excluding tert-OH is 1. The fraction of sp³-hybridized carbons (Fsp3) is 0.333. The maximum absolute atomic E-state index is 13.0. The normalized spacial score (nSPS) is 18.3. The molecule has 1 aliphatic heterocycles. The Morgan fingerprint density at radius 3 is 2.38 bits per heavy atom. The molecule has 1 atom stereocenters. The number of rotatable bonds is 8. The molecule has 0 saturated carbocycles. The van der Waals surface area contributed by atoms with E-state index in [0.29, 0.717) is 23.4 Å². The Balaban J connectivity index is 2.10. The van der Waals surface area contributed by atoms with Gasteiger partial charge in [-0.05, 0) is 12.5 Å². The molecule has 1 unspecified atom stereocenters. The number of aliphatic hydroxyl groups is 1. The van der Waals surface area contributed by atoms with Crippen LogP contribution >= 0.6 is 0 Å². The van der Waals surface area contributed by atoms with Gasteiger partial charge in [-0.2, -0.15) is 0 Å². The Morgan fingerprint density at radius 1 is 1.00 bits per heavy atom. The number of unbranched alkanes of at least 4 members (excludes halogenated alkanes) is 3. The molecule has 2 aromatic rings. The summed E-state index contributed by atoms with van der Waals surface area (Å²) in [5.74, 6) is -0.805. The Bertz CT molecular complexity index is 904. The third kappa shape index (κ3) is 4.19. The Kier molecular flexibility index (Phi) is 6.70. The first-order chi connectivity index (χ1) is 14.1. The molecule has 152 valence electrons. The minimum Gasteiger partial charge on any atom is -0.507 e. The molecule has 0 aliphatic carbocycles. The van der Waals surface area contributed by atoms with Crippen LogP contribution in [0.1, 0.15) is 49.8 Å². The second-order valence-corrected chi connectivity index (χ2v) is 7.16. The first-order valence-electron chi connectivity index (χ1n) is 10.1. The van der Waals surface area contributed by atoms with Gasteiger partial charge >= 0.3 is 0 Å². The summed E-state index contributed by atoms with van der Waals surface area (Å²) in [6.07, 6.45) is 3.95. The Labute approximate surface area is 171 Å². The van der Waals surface area contributed by atoms with Crippen LogP contribution in [0, 0.1) is 0 Å². The van der Waals surface area contributed by atoms with Crippen molar-refractivity contribution in [2.75, 3.05) is 13.7 Å². The van der Waals surface area contributed by atoms with Crippen LogP contribution in [0.2, 0.25) is 0 Å². The highest BCUT2D eigenvalue weighted by Crippen LogP contribution is 2.42. The molecule has 0 radical (unpaired) electrons. The standard InChI is InChI=1S/C24H27NO4/c1-3-4-5-11-16-25-21(18-14-9-10-15-19(18)29-2)20(23(27)24(25)28)22(26)17-12-7-6-8-13-17/h6-10,12-15,21,26H,3-5,11,16H2,1-2H3/b22-20-. The molecule has 0 spiro atoms. The lowest BCUT2D eigenvalue weighted by Crippen LogP contribution is -2.30. The van der Waals surface area contributed by atoms with Crippen LogP contribution in [0.25, 0.3) is 5.76 Å². The van der Waals surface area contributed by atoms with Crippen molar-refractivity contribution in [3.05, 3.63) is 71.3 Å². The molecule has 1 heterocycles. The largest absolute Gasteiger partial charge is 0.507 e. The Morgan fingerprint density at radius 2 is 1.69 bits per heavy atom. The van der Waals surface area contributed by atoms with E-state index < -0.39 is 17.7 Å². The molecule has 1 amide bonds. The molecule has 0 bridgehead atoms. The van der Waals surface area contributed by atoms with Gasteiger partial charge in [0, 0.05) is 17.7 Å². The number of hydrogen-bond acceptors (Lipinski definition) is 4. The first kappa shape index (κ1) is 20.6. The van der Waals surface area contributed by atoms with Gasteiger partial charge in [0.05, 0.1) is 18.7 Å². The first-order valence-corrected chi connectivity index (χ1v) is 10.1. The number of ether oxygens (including phenoxy) is 1. The summed E-state index contributed by atoms with van der Waals surface area (Å²) in [7, 11) is 1.56. The molecule has 5 heteroatoms. The van der Waals surface area contributed by atoms with E-state index in [1.165, 1.54) is 0 Å². The second kappa shape index (κ2) is 9.41. The molecule has 1 N–H and O–H groups in total. The number of hydrogen-bond donors (Lipinski definition) is 1. The number of para-hydroxylation sites is 1. The van der Waals surface area contributed by atoms with Crippen LogP contribution in [0.15, 0.2) is 60.2 Å². The molecule has 1 fully saturated rings. The zero-order valence-corrected chi connectivity index (χ0v) is 16.9. The average Bonchev–Trinajstić information content (AvgIpc) is 3.01. The third-order valence-electron chi connectivity index (χ3n) is 5.27.